The Morgan fingerprint density at radius 1 is 1.52 bits per heavy atom. The van der Waals surface area contributed by atoms with Crippen LogP contribution in [0.3, 0.4) is 0 Å². The van der Waals surface area contributed by atoms with Crippen LogP contribution in [0.25, 0.3) is 0 Å². The number of hydrogen-bond donors (Lipinski definition) is 1. The summed E-state index contributed by atoms with van der Waals surface area (Å²) in [6.45, 7) is 1.79. The number of ether oxygens (including phenoxy) is 2. The highest BCUT2D eigenvalue weighted by Gasteiger charge is 2.20. The van der Waals surface area contributed by atoms with Gasteiger partial charge in [0.25, 0.3) is 15.0 Å². The molecular formula is C13H16ClNO5S. The van der Waals surface area contributed by atoms with Crippen molar-refractivity contribution in [2.24, 2.45) is 5.92 Å². The maximum atomic E-state index is 12.2. The molecule has 6 nitrogen and oxygen atoms in total. The molecule has 0 spiro atoms. The predicted molar refractivity (Wildman–Crippen MR) is 77.3 cm³/mol. The van der Waals surface area contributed by atoms with Gasteiger partial charge in [0.1, 0.15) is 5.75 Å². The van der Waals surface area contributed by atoms with E-state index in [0.717, 1.165) is 6.42 Å². The van der Waals surface area contributed by atoms with Gasteiger partial charge in [-0.25, -0.2) is 8.42 Å². The lowest BCUT2D eigenvalue weighted by atomic mass is 10.1. The quantitative estimate of drug-likeness (QED) is 0.823. The van der Waals surface area contributed by atoms with E-state index in [-0.39, 0.29) is 16.4 Å². The van der Waals surface area contributed by atoms with Crippen LogP contribution in [-0.2, 0) is 13.8 Å². The molecule has 0 radical (unpaired) electrons. The Morgan fingerprint density at radius 2 is 2.29 bits per heavy atom. The number of hydrogen-bond acceptors (Lipinski definition) is 5. The molecule has 0 saturated carbocycles. The van der Waals surface area contributed by atoms with Crippen LogP contribution in [0, 0.1) is 5.92 Å². The van der Waals surface area contributed by atoms with Crippen LogP contribution < -0.4 is 10.1 Å². The highest BCUT2D eigenvalue weighted by atomic mass is 35.7. The smallest absolute Gasteiger partial charge is 0.261 e. The lowest BCUT2D eigenvalue weighted by Gasteiger charge is -2.12. The molecule has 1 aromatic rings. The number of carbonyl (C=O) groups excluding carboxylic acids is 1. The van der Waals surface area contributed by atoms with Crippen LogP contribution in [0.4, 0.5) is 0 Å². The van der Waals surface area contributed by atoms with E-state index in [1.807, 2.05) is 0 Å². The number of amides is 1. The second-order valence-electron chi connectivity index (χ2n) is 4.74. The van der Waals surface area contributed by atoms with Gasteiger partial charge in [-0.2, -0.15) is 0 Å². The summed E-state index contributed by atoms with van der Waals surface area (Å²) in [4.78, 5) is 12.1. The summed E-state index contributed by atoms with van der Waals surface area (Å²) >= 11 is 0. The molecule has 0 aromatic heterocycles. The lowest BCUT2D eigenvalue weighted by Crippen LogP contribution is -2.29. The van der Waals surface area contributed by atoms with Gasteiger partial charge in [-0.15, -0.1) is 0 Å². The largest absolute Gasteiger partial charge is 0.496 e. The number of halogens is 1. The molecule has 1 saturated heterocycles. The number of methoxy groups -OCH3 is 1. The standard InChI is InChI=1S/C13H16ClNO5S/c1-19-12-3-2-10(21(14,17)18)6-11(12)13(16)15-7-9-4-5-20-8-9/h2-3,6,9H,4-5,7-8H2,1H3,(H,15,16). The Morgan fingerprint density at radius 3 is 2.86 bits per heavy atom. The fourth-order valence-electron chi connectivity index (χ4n) is 2.09. The Bertz CT molecular complexity index is 625. The van der Waals surface area contributed by atoms with E-state index in [1.165, 1.54) is 25.3 Å². The van der Waals surface area contributed by atoms with Gasteiger partial charge < -0.3 is 14.8 Å². The van der Waals surface area contributed by atoms with Crippen LogP contribution in [0.1, 0.15) is 16.8 Å². The second-order valence-corrected chi connectivity index (χ2v) is 7.31. The Labute approximate surface area is 127 Å². The normalized spacial score (nSPS) is 18.5. The Hall–Kier alpha value is -1.31. The molecule has 1 atom stereocenters. The highest BCUT2D eigenvalue weighted by molar-refractivity contribution is 8.13. The van der Waals surface area contributed by atoms with Gasteiger partial charge in [0, 0.05) is 29.8 Å². The Balaban J connectivity index is 2.17. The van der Waals surface area contributed by atoms with E-state index >= 15 is 0 Å². The van der Waals surface area contributed by atoms with Gasteiger partial charge in [-0.3, -0.25) is 4.79 Å². The topological polar surface area (TPSA) is 81.7 Å². The third-order valence-electron chi connectivity index (χ3n) is 3.27. The van der Waals surface area contributed by atoms with Crippen molar-refractivity contribution in [3.05, 3.63) is 23.8 Å². The van der Waals surface area contributed by atoms with Crippen LogP contribution in [0.2, 0.25) is 0 Å². The van der Waals surface area contributed by atoms with E-state index in [9.17, 15) is 13.2 Å². The average molecular weight is 334 g/mol. The zero-order chi connectivity index (χ0) is 15.5. The van der Waals surface area contributed by atoms with Crippen molar-refractivity contribution >= 4 is 25.6 Å². The number of rotatable bonds is 5. The molecule has 1 heterocycles. The van der Waals surface area contributed by atoms with Crippen molar-refractivity contribution in [3.63, 3.8) is 0 Å². The fraction of sp³-hybridized carbons (Fsp3) is 0.462. The summed E-state index contributed by atoms with van der Waals surface area (Å²) in [5.41, 5.74) is 0.137. The molecule has 1 fully saturated rings. The van der Waals surface area contributed by atoms with Crippen molar-refractivity contribution in [1.29, 1.82) is 0 Å². The summed E-state index contributed by atoms with van der Waals surface area (Å²) in [5.74, 6) is 0.167. The molecule has 1 unspecified atom stereocenters. The van der Waals surface area contributed by atoms with Crippen molar-refractivity contribution in [2.75, 3.05) is 26.9 Å². The van der Waals surface area contributed by atoms with E-state index in [2.05, 4.69) is 5.32 Å². The molecule has 1 aliphatic rings. The van der Waals surface area contributed by atoms with Gasteiger partial charge in [0.05, 0.1) is 24.2 Å². The van der Waals surface area contributed by atoms with E-state index in [0.29, 0.717) is 25.5 Å². The predicted octanol–water partition coefficient (Wildman–Crippen LogP) is 1.39. The first-order valence-electron chi connectivity index (χ1n) is 6.40. The van der Waals surface area contributed by atoms with E-state index < -0.39 is 15.0 Å². The molecule has 116 valence electrons. The first-order chi connectivity index (χ1) is 9.91. The molecule has 8 heteroatoms. The van der Waals surface area contributed by atoms with Gasteiger partial charge in [-0.05, 0) is 24.6 Å². The molecule has 1 aliphatic heterocycles. The molecule has 0 aliphatic carbocycles. The average Bonchev–Trinajstić information content (AvgIpc) is 2.96. The van der Waals surface area contributed by atoms with E-state index in [1.54, 1.807) is 0 Å². The monoisotopic (exact) mass is 333 g/mol. The highest BCUT2D eigenvalue weighted by Crippen LogP contribution is 2.24. The molecule has 1 N–H and O–H groups in total. The molecule has 1 aromatic carbocycles. The fourth-order valence-corrected chi connectivity index (χ4v) is 2.87. The molecule has 1 amide bonds. The third kappa shape index (κ3) is 4.09. The van der Waals surface area contributed by atoms with Crippen molar-refractivity contribution in [3.8, 4) is 5.75 Å². The number of benzene rings is 1. The minimum absolute atomic E-state index is 0.137. The lowest BCUT2D eigenvalue weighted by molar-refractivity contribution is 0.0941. The number of carbonyl (C=O) groups is 1. The number of nitrogens with one attached hydrogen (secondary N) is 1. The van der Waals surface area contributed by atoms with Crippen LogP contribution in [-0.4, -0.2) is 41.2 Å². The zero-order valence-corrected chi connectivity index (χ0v) is 13.0. The minimum Gasteiger partial charge on any atom is -0.496 e. The maximum Gasteiger partial charge on any atom is 0.261 e. The van der Waals surface area contributed by atoms with E-state index in [4.69, 9.17) is 20.2 Å². The minimum atomic E-state index is -3.90. The zero-order valence-electron chi connectivity index (χ0n) is 11.5. The molecular weight excluding hydrogens is 318 g/mol. The van der Waals surface area contributed by atoms with Crippen molar-refractivity contribution in [1.82, 2.24) is 5.32 Å². The first kappa shape index (κ1) is 16.1. The van der Waals surface area contributed by atoms with Crippen molar-refractivity contribution in [2.45, 2.75) is 11.3 Å². The Kier molecular flexibility index (Phi) is 5.08. The first-order valence-corrected chi connectivity index (χ1v) is 8.71. The summed E-state index contributed by atoms with van der Waals surface area (Å²) in [6.07, 6.45) is 0.896. The van der Waals surface area contributed by atoms with Crippen molar-refractivity contribution < 1.29 is 22.7 Å². The van der Waals surface area contributed by atoms with Gasteiger partial charge >= 0.3 is 0 Å². The summed E-state index contributed by atoms with van der Waals surface area (Å²) in [7, 11) is 2.81. The SMILES string of the molecule is COc1ccc(S(=O)(=O)Cl)cc1C(=O)NCC1CCOC1. The van der Waals surface area contributed by atoms with Crippen LogP contribution in [0.5, 0.6) is 5.75 Å². The maximum absolute atomic E-state index is 12.2. The van der Waals surface area contributed by atoms with Crippen LogP contribution in [0.15, 0.2) is 23.1 Å². The van der Waals surface area contributed by atoms with Gasteiger partial charge in [0.2, 0.25) is 0 Å². The van der Waals surface area contributed by atoms with Crippen LogP contribution >= 0.6 is 10.7 Å². The van der Waals surface area contributed by atoms with Gasteiger partial charge in [-0.1, -0.05) is 0 Å². The third-order valence-corrected chi connectivity index (χ3v) is 4.62. The summed E-state index contributed by atoms with van der Waals surface area (Å²) in [6, 6.07) is 3.91. The molecule has 2 rings (SSSR count). The summed E-state index contributed by atoms with van der Waals surface area (Å²) in [5, 5.41) is 2.76. The second kappa shape index (κ2) is 6.64. The molecule has 0 bridgehead atoms. The van der Waals surface area contributed by atoms with Gasteiger partial charge in [0.15, 0.2) is 0 Å². The summed E-state index contributed by atoms with van der Waals surface area (Å²) < 4.78 is 33.0. The molecule has 21 heavy (non-hydrogen) atoms.